The molecule has 1 aromatic heterocycles. The van der Waals surface area contributed by atoms with Crippen LogP contribution in [0.2, 0.25) is 0 Å². The molecule has 3 rings (SSSR count). The number of urea groups is 1. The number of carbonyl (C=O) groups excluding carboxylic acids is 1. The lowest BCUT2D eigenvalue weighted by Gasteiger charge is -2.23. The normalized spacial score (nSPS) is 10.4. The summed E-state index contributed by atoms with van der Waals surface area (Å²) in [4.78, 5) is 14.5. The van der Waals surface area contributed by atoms with Gasteiger partial charge in [-0.1, -0.05) is 48.5 Å². The molecule has 5 heteroatoms. The first kappa shape index (κ1) is 15.8. The summed E-state index contributed by atoms with van der Waals surface area (Å²) in [7, 11) is 1.85. The number of aryl methyl sites for hydroxylation is 2. The van der Waals surface area contributed by atoms with Gasteiger partial charge in [-0.2, -0.15) is 5.10 Å². The third-order valence-electron chi connectivity index (χ3n) is 3.85. The summed E-state index contributed by atoms with van der Waals surface area (Å²) in [5.41, 5.74) is 2.89. The average molecular weight is 320 g/mol. The van der Waals surface area contributed by atoms with Gasteiger partial charge >= 0.3 is 6.03 Å². The summed E-state index contributed by atoms with van der Waals surface area (Å²) in [6.45, 7) is 2.43. The Morgan fingerprint density at radius 1 is 1.08 bits per heavy atom. The third-order valence-corrected chi connectivity index (χ3v) is 3.85. The van der Waals surface area contributed by atoms with Gasteiger partial charge in [0.15, 0.2) is 5.82 Å². The summed E-state index contributed by atoms with van der Waals surface area (Å²) in [5.74, 6) is 0.550. The molecule has 0 spiro atoms. The van der Waals surface area contributed by atoms with E-state index in [9.17, 15) is 4.79 Å². The molecule has 0 aliphatic rings. The smallest absolute Gasteiger partial charge is 0.290 e. The van der Waals surface area contributed by atoms with E-state index in [0.29, 0.717) is 12.4 Å². The second kappa shape index (κ2) is 7.00. The topological polar surface area (TPSA) is 50.2 Å². The number of aromatic nitrogens is 2. The van der Waals surface area contributed by atoms with Crippen LogP contribution >= 0.6 is 0 Å². The third kappa shape index (κ3) is 3.63. The summed E-state index contributed by atoms with van der Waals surface area (Å²) in [6.07, 6.45) is 0. The van der Waals surface area contributed by atoms with E-state index in [1.54, 1.807) is 9.58 Å². The van der Waals surface area contributed by atoms with Gasteiger partial charge in [-0.05, 0) is 24.6 Å². The Morgan fingerprint density at radius 2 is 1.71 bits per heavy atom. The quantitative estimate of drug-likeness (QED) is 0.791. The molecule has 24 heavy (non-hydrogen) atoms. The fourth-order valence-corrected chi connectivity index (χ4v) is 2.45. The average Bonchev–Trinajstić information content (AvgIpc) is 2.91. The highest BCUT2D eigenvalue weighted by Crippen LogP contribution is 2.18. The molecular weight excluding hydrogens is 300 g/mol. The number of nitrogens with one attached hydrogen (secondary N) is 1. The standard InChI is InChI=1S/C19H20N4O/c1-15-13-18(21-22(15)2)20-19(24)23(17-11-7-4-8-12-17)14-16-9-5-3-6-10-16/h3-13H,14H2,1-2H3,(H,20,21,24). The lowest BCUT2D eigenvalue weighted by Crippen LogP contribution is -2.34. The molecule has 0 aliphatic carbocycles. The number of benzene rings is 2. The molecule has 0 atom stereocenters. The zero-order chi connectivity index (χ0) is 16.9. The highest BCUT2D eigenvalue weighted by molar-refractivity contribution is 6.01. The number of rotatable bonds is 4. The van der Waals surface area contributed by atoms with E-state index in [4.69, 9.17) is 0 Å². The molecule has 3 aromatic rings. The largest absolute Gasteiger partial charge is 0.327 e. The maximum atomic E-state index is 12.8. The Hall–Kier alpha value is -3.08. The molecule has 5 nitrogen and oxygen atoms in total. The van der Waals surface area contributed by atoms with E-state index in [2.05, 4.69) is 10.4 Å². The van der Waals surface area contributed by atoms with Crippen molar-refractivity contribution >= 4 is 17.5 Å². The van der Waals surface area contributed by atoms with Crippen molar-refractivity contribution in [3.05, 3.63) is 78.0 Å². The molecule has 2 aromatic carbocycles. The predicted molar refractivity (Wildman–Crippen MR) is 96.0 cm³/mol. The number of amides is 2. The SMILES string of the molecule is Cc1cc(NC(=O)N(Cc2ccccc2)c2ccccc2)nn1C. The van der Waals surface area contributed by atoms with Crippen molar-refractivity contribution in [1.29, 1.82) is 0 Å². The zero-order valence-electron chi connectivity index (χ0n) is 13.8. The van der Waals surface area contributed by atoms with Crippen LogP contribution in [0, 0.1) is 6.92 Å². The lowest BCUT2D eigenvalue weighted by atomic mass is 10.2. The highest BCUT2D eigenvalue weighted by atomic mass is 16.2. The monoisotopic (exact) mass is 320 g/mol. The van der Waals surface area contributed by atoms with Gasteiger partial charge in [0, 0.05) is 24.5 Å². The molecule has 0 saturated heterocycles. The Labute approximate surface area is 141 Å². The fourth-order valence-electron chi connectivity index (χ4n) is 2.45. The number of carbonyl (C=O) groups is 1. The molecular formula is C19H20N4O. The van der Waals surface area contributed by atoms with Gasteiger partial charge in [0.05, 0.1) is 6.54 Å². The molecule has 0 saturated carbocycles. The van der Waals surface area contributed by atoms with Gasteiger partial charge < -0.3 is 0 Å². The summed E-state index contributed by atoms with van der Waals surface area (Å²) >= 11 is 0. The van der Waals surface area contributed by atoms with Crippen LogP contribution in [0.25, 0.3) is 0 Å². The van der Waals surface area contributed by atoms with Crippen molar-refractivity contribution in [3.63, 3.8) is 0 Å². The summed E-state index contributed by atoms with van der Waals surface area (Å²) in [6, 6.07) is 21.2. The van der Waals surface area contributed by atoms with Gasteiger partial charge in [0.2, 0.25) is 0 Å². The Balaban J connectivity index is 1.84. The van der Waals surface area contributed by atoms with Gasteiger partial charge in [0.25, 0.3) is 0 Å². The van der Waals surface area contributed by atoms with Gasteiger partial charge in [0.1, 0.15) is 0 Å². The Kier molecular flexibility index (Phi) is 4.61. The molecule has 0 aliphatic heterocycles. The molecule has 2 amide bonds. The van der Waals surface area contributed by atoms with Crippen molar-refractivity contribution in [2.45, 2.75) is 13.5 Å². The summed E-state index contributed by atoms with van der Waals surface area (Å²) in [5, 5.41) is 7.17. The van der Waals surface area contributed by atoms with Gasteiger partial charge in [-0.25, -0.2) is 4.79 Å². The number of para-hydroxylation sites is 1. The van der Waals surface area contributed by atoms with Crippen LogP contribution in [0.1, 0.15) is 11.3 Å². The Morgan fingerprint density at radius 3 is 2.29 bits per heavy atom. The fraction of sp³-hybridized carbons (Fsp3) is 0.158. The molecule has 0 unspecified atom stereocenters. The lowest BCUT2D eigenvalue weighted by molar-refractivity contribution is 0.256. The number of anilines is 2. The molecule has 1 N–H and O–H groups in total. The first-order valence-corrected chi connectivity index (χ1v) is 7.81. The highest BCUT2D eigenvalue weighted by Gasteiger charge is 2.17. The van der Waals surface area contributed by atoms with Crippen LogP contribution < -0.4 is 10.2 Å². The summed E-state index contributed by atoms with van der Waals surface area (Å²) < 4.78 is 1.74. The number of nitrogens with zero attached hydrogens (tertiary/aromatic N) is 3. The molecule has 0 radical (unpaired) electrons. The minimum Gasteiger partial charge on any atom is -0.290 e. The minimum absolute atomic E-state index is 0.205. The van der Waals surface area contributed by atoms with E-state index < -0.39 is 0 Å². The van der Waals surface area contributed by atoms with Crippen molar-refractivity contribution in [2.24, 2.45) is 7.05 Å². The van der Waals surface area contributed by atoms with Crippen molar-refractivity contribution < 1.29 is 4.79 Å². The van der Waals surface area contributed by atoms with E-state index in [1.165, 1.54) is 0 Å². The molecule has 0 fully saturated rings. The van der Waals surface area contributed by atoms with Gasteiger partial charge in [-0.15, -0.1) is 0 Å². The van der Waals surface area contributed by atoms with Crippen LogP contribution in [-0.4, -0.2) is 15.8 Å². The first-order valence-electron chi connectivity index (χ1n) is 7.81. The predicted octanol–water partition coefficient (Wildman–Crippen LogP) is 3.97. The molecule has 122 valence electrons. The Bertz CT molecular complexity index is 792. The van der Waals surface area contributed by atoms with Crippen LogP contribution in [0.15, 0.2) is 66.7 Å². The van der Waals surface area contributed by atoms with E-state index >= 15 is 0 Å². The second-order valence-corrected chi connectivity index (χ2v) is 5.63. The molecule has 1 heterocycles. The van der Waals surface area contributed by atoms with Crippen molar-refractivity contribution in [3.8, 4) is 0 Å². The maximum Gasteiger partial charge on any atom is 0.327 e. The maximum absolute atomic E-state index is 12.8. The first-order chi connectivity index (χ1) is 11.6. The van der Waals surface area contributed by atoms with Crippen molar-refractivity contribution in [2.75, 3.05) is 10.2 Å². The van der Waals surface area contributed by atoms with E-state index in [-0.39, 0.29) is 6.03 Å². The van der Waals surface area contributed by atoms with Gasteiger partial charge in [-0.3, -0.25) is 14.9 Å². The minimum atomic E-state index is -0.205. The van der Waals surface area contributed by atoms with Crippen LogP contribution in [0.4, 0.5) is 16.3 Å². The zero-order valence-corrected chi connectivity index (χ0v) is 13.8. The van der Waals surface area contributed by atoms with Crippen LogP contribution in [-0.2, 0) is 13.6 Å². The van der Waals surface area contributed by atoms with Crippen LogP contribution in [0.3, 0.4) is 0 Å². The van der Waals surface area contributed by atoms with E-state index in [0.717, 1.165) is 16.9 Å². The van der Waals surface area contributed by atoms with Crippen LogP contribution in [0.5, 0.6) is 0 Å². The number of hydrogen-bond acceptors (Lipinski definition) is 2. The van der Waals surface area contributed by atoms with E-state index in [1.807, 2.05) is 80.7 Å². The second-order valence-electron chi connectivity index (χ2n) is 5.63. The molecule has 0 bridgehead atoms. The number of hydrogen-bond donors (Lipinski definition) is 1. The van der Waals surface area contributed by atoms with Crippen molar-refractivity contribution in [1.82, 2.24) is 9.78 Å².